The fourth-order valence-electron chi connectivity index (χ4n) is 3.14. The normalized spacial score (nSPS) is 15.2. The summed E-state index contributed by atoms with van der Waals surface area (Å²) >= 11 is 0. The van der Waals surface area contributed by atoms with E-state index >= 15 is 0 Å². The second kappa shape index (κ2) is 8.67. The number of phenols is 1. The van der Waals surface area contributed by atoms with Crippen molar-refractivity contribution in [3.8, 4) is 11.5 Å². The Kier molecular flexibility index (Phi) is 6.22. The van der Waals surface area contributed by atoms with Gasteiger partial charge in [0, 0.05) is 30.8 Å². The number of nitro groups is 1. The maximum absolute atomic E-state index is 12.7. The van der Waals surface area contributed by atoms with Gasteiger partial charge in [-0.25, -0.2) is 8.42 Å². The van der Waals surface area contributed by atoms with Gasteiger partial charge in [0.2, 0.25) is 10.0 Å². The first kappa shape index (κ1) is 21.5. The van der Waals surface area contributed by atoms with Crippen LogP contribution >= 0.6 is 0 Å². The first-order valence-electron chi connectivity index (χ1n) is 9.20. The van der Waals surface area contributed by atoms with Crippen molar-refractivity contribution in [3.63, 3.8) is 0 Å². The van der Waals surface area contributed by atoms with Gasteiger partial charge in [0.05, 0.1) is 22.6 Å². The summed E-state index contributed by atoms with van der Waals surface area (Å²) in [6, 6.07) is 8.34. The molecular weight excluding hydrogens is 412 g/mol. The molecule has 0 saturated carbocycles. The largest absolute Gasteiger partial charge is 0.507 e. The van der Waals surface area contributed by atoms with E-state index in [0.717, 1.165) is 18.9 Å². The molecule has 0 aromatic heterocycles. The zero-order valence-electron chi connectivity index (χ0n) is 16.5. The number of nitro benzene ring substituents is 1. The molecule has 0 bridgehead atoms. The Labute approximate surface area is 174 Å². The SMILES string of the molecule is COc1ccc(/C(C)=N/Nc2ccc(S(=O)(=O)N3CCCC3)cc2[N+](=O)[O-])c(O)c1. The topological polar surface area (TPSA) is 134 Å². The standard InChI is InChI=1S/C19H22N4O6S/c1-13(16-7-5-14(29-2)11-19(16)24)20-21-17-8-6-15(12-18(17)23(25)26)30(27,28)22-9-3-4-10-22/h5-8,11-12,21,24H,3-4,9-10H2,1-2H3/b20-13+. The maximum Gasteiger partial charge on any atom is 0.295 e. The Hall–Kier alpha value is -3.18. The molecule has 1 aliphatic heterocycles. The van der Waals surface area contributed by atoms with E-state index in [2.05, 4.69) is 10.5 Å². The molecule has 0 unspecified atom stereocenters. The van der Waals surface area contributed by atoms with Gasteiger partial charge in [-0.1, -0.05) is 0 Å². The number of ether oxygens (including phenoxy) is 1. The molecule has 0 radical (unpaired) electrons. The van der Waals surface area contributed by atoms with Gasteiger partial charge in [-0.15, -0.1) is 0 Å². The number of benzene rings is 2. The lowest BCUT2D eigenvalue weighted by Crippen LogP contribution is -2.27. The summed E-state index contributed by atoms with van der Waals surface area (Å²) in [5.74, 6) is 0.418. The second-order valence-electron chi connectivity index (χ2n) is 6.74. The molecule has 10 nitrogen and oxygen atoms in total. The average molecular weight is 434 g/mol. The summed E-state index contributed by atoms with van der Waals surface area (Å²) in [4.78, 5) is 10.7. The number of sulfonamides is 1. The minimum absolute atomic E-state index is 0.0349. The van der Waals surface area contributed by atoms with E-state index in [1.807, 2.05) is 0 Å². The third-order valence-electron chi connectivity index (χ3n) is 4.81. The van der Waals surface area contributed by atoms with Crippen LogP contribution in [-0.2, 0) is 10.0 Å². The summed E-state index contributed by atoms with van der Waals surface area (Å²) in [7, 11) is -2.30. The number of phenolic OH excluding ortho intramolecular Hbond substituents is 1. The Morgan fingerprint density at radius 3 is 2.53 bits per heavy atom. The molecule has 2 aromatic carbocycles. The van der Waals surface area contributed by atoms with Crippen LogP contribution in [0, 0.1) is 10.1 Å². The lowest BCUT2D eigenvalue weighted by molar-refractivity contribution is -0.384. The number of rotatable bonds is 7. The van der Waals surface area contributed by atoms with Crippen molar-refractivity contribution in [1.82, 2.24) is 4.31 Å². The number of nitrogens with one attached hydrogen (secondary N) is 1. The van der Waals surface area contributed by atoms with Gasteiger partial charge in [-0.3, -0.25) is 15.5 Å². The number of anilines is 1. The number of aromatic hydroxyl groups is 1. The molecule has 2 aromatic rings. The first-order chi connectivity index (χ1) is 14.2. The van der Waals surface area contributed by atoms with Gasteiger partial charge in [0.15, 0.2) is 0 Å². The summed E-state index contributed by atoms with van der Waals surface area (Å²) in [6.45, 7) is 2.43. The van der Waals surface area contributed by atoms with Crippen molar-refractivity contribution in [2.45, 2.75) is 24.7 Å². The molecule has 11 heteroatoms. The fraction of sp³-hybridized carbons (Fsp3) is 0.316. The van der Waals surface area contributed by atoms with E-state index < -0.39 is 20.6 Å². The van der Waals surface area contributed by atoms with E-state index in [1.165, 1.54) is 29.6 Å². The zero-order valence-corrected chi connectivity index (χ0v) is 17.3. The predicted octanol–water partition coefficient (Wildman–Crippen LogP) is 2.93. The van der Waals surface area contributed by atoms with E-state index in [-0.39, 0.29) is 16.3 Å². The van der Waals surface area contributed by atoms with Gasteiger partial charge >= 0.3 is 0 Å². The van der Waals surface area contributed by atoms with Crippen LogP contribution in [0.2, 0.25) is 0 Å². The van der Waals surface area contributed by atoms with Gasteiger partial charge in [0.1, 0.15) is 17.2 Å². The Bertz CT molecular complexity index is 1090. The number of hydrogen-bond donors (Lipinski definition) is 2. The van der Waals surface area contributed by atoms with Crippen molar-refractivity contribution in [2.24, 2.45) is 5.10 Å². The van der Waals surface area contributed by atoms with Crippen molar-refractivity contribution in [2.75, 3.05) is 25.6 Å². The maximum atomic E-state index is 12.7. The molecular formula is C19H22N4O6S. The highest BCUT2D eigenvalue weighted by atomic mass is 32.2. The summed E-state index contributed by atoms with van der Waals surface area (Å²) in [6.07, 6.45) is 1.54. The Morgan fingerprint density at radius 2 is 1.93 bits per heavy atom. The van der Waals surface area contributed by atoms with Crippen LogP contribution in [0.3, 0.4) is 0 Å². The molecule has 1 fully saturated rings. The molecule has 3 rings (SSSR count). The van der Waals surface area contributed by atoms with E-state index in [4.69, 9.17) is 4.74 Å². The summed E-state index contributed by atoms with van der Waals surface area (Å²) in [5.41, 5.74) is 3.01. The lowest BCUT2D eigenvalue weighted by atomic mass is 10.1. The van der Waals surface area contributed by atoms with Crippen LogP contribution < -0.4 is 10.2 Å². The van der Waals surface area contributed by atoms with Gasteiger partial charge in [0.25, 0.3) is 5.69 Å². The zero-order chi connectivity index (χ0) is 21.9. The van der Waals surface area contributed by atoms with Crippen molar-refractivity contribution < 1.29 is 23.2 Å². The molecule has 1 heterocycles. The lowest BCUT2D eigenvalue weighted by Gasteiger charge is -2.15. The van der Waals surface area contributed by atoms with E-state index in [9.17, 15) is 23.6 Å². The van der Waals surface area contributed by atoms with Crippen molar-refractivity contribution in [1.29, 1.82) is 0 Å². The number of methoxy groups -OCH3 is 1. The fourth-order valence-corrected chi connectivity index (χ4v) is 4.68. The molecule has 30 heavy (non-hydrogen) atoms. The van der Waals surface area contributed by atoms with E-state index in [1.54, 1.807) is 19.1 Å². The molecule has 0 amide bonds. The van der Waals surface area contributed by atoms with E-state index in [0.29, 0.717) is 30.1 Å². The van der Waals surface area contributed by atoms with Crippen LogP contribution in [-0.4, -0.2) is 48.7 Å². The number of hydrogen-bond acceptors (Lipinski definition) is 8. The molecule has 2 N–H and O–H groups in total. The molecule has 1 aliphatic rings. The quantitative estimate of drug-likeness (QED) is 0.389. The average Bonchev–Trinajstić information content (AvgIpc) is 3.27. The summed E-state index contributed by atoms with van der Waals surface area (Å²) in [5, 5.41) is 25.7. The van der Waals surface area contributed by atoms with Gasteiger partial charge in [-0.2, -0.15) is 9.41 Å². The third kappa shape index (κ3) is 4.36. The van der Waals surface area contributed by atoms with Crippen LogP contribution in [0.1, 0.15) is 25.3 Å². The number of hydrazone groups is 1. The smallest absolute Gasteiger partial charge is 0.295 e. The Morgan fingerprint density at radius 1 is 1.23 bits per heavy atom. The van der Waals surface area contributed by atoms with Gasteiger partial charge in [-0.05, 0) is 44.0 Å². The highest BCUT2D eigenvalue weighted by molar-refractivity contribution is 7.89. The first-order valence-corrected chi connectivity index (χ1v) is 10.6. The van der Waals surface area contributed by atoms with Crippen LogP contribution in [0.25, 0.3) is 0 Å². The monoisotopic (exact) mass is 434 g/mol. The van der Waals surface area contributed by atoms with Crippen LogP contribution in [0.15, 0.2) is 46.4 Å². The minimum Gasteiger partial charge on any atom is -0.507 e. The molecule has 0 aliphatic carbocycles. The highest BCUT2D eigenvalue weighted by Crippen LogP contribution is 2.30. The van der Waals surface area contributed by atoms with Gasteiger partial charge < -0.3 is 9.84 Å². The predicted molar refractivity (Wildman–Crippen MR) is 112 cm³/mol. The minimum atomic E-state index is -3.78. The molecule has 160 valence electrons. The second-order valence-corrected chi connectivity index (χ2v) is 8.68. The molecule has 0 atom stereocenters. The van der Waals surface area contributed by atoms with Crippen molar-refractivity contribution in [3.05, 3.63) is 52.1 Å². The van der Waals surface area contributed by atoms with Crippen molar-refractivity contribution >= 4 is 27.1 Å². The van der Waals surface area contributed by atoms with Crippen LogP contribution in [0.5, 0.6) is 11.5 Å². The summed E-state index contributed by atoms with van der Waals surface area (Å²) < 4.78 is 31.7. The van der Waals surface area contributed by atoms with Crippen LogP contribution in [0.4, 0.5) is 11.4 Å². The highest BCUT2D eigenvalue weighted by Gasteiger charge is 2.29. The number of nitrogens with zero attached hydrogens (tertiary/aromatic N) is 3. The Balaban J connectivity index is 1.89. The third-order valence-corrected chi connectivity index (χ3v) is 6.70. The molecule has 0 spiro atoms. The molecule has 1 saturated heterocycles.